The second kappa shape index (κ2) is 11.6. The van der Waals surface area contributed by atoms with Crippen molar-refractivity contribution >= 4 is 34.3 Å². The van der Waals surface area contributed by atoms with E-state index in [4.69, 9.17) is 9.72 Å². The number of aromatic nitrogens is 3. The Morgan fingerprint density at radius 2 is 1.98 bits per heavy atom. The fourth-order valence-electron chi connectivity index (χ4n) is 4.97. The molecule has 0 atom stereocenters. The lowest BCUT2D eigenvalue weighted by atomic mass is 9.85. The smallest absolute Gasteiger partial charge is 0.410 e. The van der Waals surface area contributed by atoms with E-state index < -0.39 is 5.60 Å². The molecule has 5 rings (SSSR count). The minimum atomic E-state index is -0.550. The van der Waals surface area contributed by atoms with Crippen LogP contribution in [0.5, 0.6) is 0 Å². The van der Waals surface area contributed by atoms with Crippen LogP contribution >= 0.6 is 0 Å². The molecule has 0 bridgehead atoms. The normalized spacial score (nSPS) is 13.5. The molecule has 41 heavy (non-hydrogen) atoms. The number of carbonyl (C=O) groups is 1. The molecule has 8 heteroatoms. The van der Waals surface area contributed by atoms with Gasteiger partial charge in [0.25, 0.3) is 5.56 Å². The minimum absolute atomic E-state index is 0.170. The monoisotopic (exact) mass is 551 g/mol. The molecule has 212 valence electrons. The summed E-state index contributed by atoms with van der Waals surface area (Å²) in [5, 5.41) is 5.26. The highest BCUT2D eigenvalue weighted by atomic mass is 16.6. The van der Waals surface area contributed by atoms with Crippen molar-refractivity contribution in [1.82, 2.24) is 24.6 Å². The Bertz CT molecular complexity index is 1680. The molecule has 0 aliphatic heterocycles. The molecule has 1 aliphatic rings. The van der Waals surface area contributed by atoms with Gasteiger partial charge in [0.15, 0.2) is 0 Å². The number of nitrogens with zero attached hydrogens (tertiary/aromatic N) is 4. The molecular weight excluding hydrogens is 514 g/mol. The molecule has 0 radical (unpaired) electrons. The van der Waals surface area contributed by atoms with Crippen LogP contribution < -0.4 is 10.9 Å². The molecule has 1 aromatic carbocycles. The summed E-state index contributed by atoms with van der Waals surface area (Å²) in [7, 11) is 0. The van der Waals surface area contributed by atoms with Crippen molar-refractivity contribution in [2.75, 3.05) is 6.54 Å². The Kier molecular flexibility index (Phi) is 7.92. The summed E-state index contributed by atoms with van der Waals surface area (Å²) in [6.07, 6.45) is 6.67. The van der Waals surface area contributed by atoms with Gasteiger partial charge in [0.1, 0.15) is 11.2 Å². The lowest BCUT2D eigenvalue weighted by Crippen LogP contribution is -2.40. The van der Waals surface area contributed by atoms with Crippen LogP contribution in [-0.4, -0.2) is 37.5 Å². The molecule has 3 heterocycles. The standard InChI is InChI=1S/C33H37N5O3/c1-6-28-27-14-13-24(21-37(20-23-10-9-11-23)32(40)41-33(3,4)5)16-25(27)17-26(35-28)19-34-22(2)29-18-31(39)38-15-8-7-12-30(38)36-29/h6-8,12-18,23,34H,1-2,9-11,19-21H2,3-5H3. The van der Waals surface area contributed by atoms with Crippen LogP contribution in [0.3, 0.4) is 0 Å². The Morgan fingerprint density at radius 3 is 2.68 bits per heavy atom. The van der Waals surface area contributed by atoms with Gasteiger partial charge < -0.3 is 15.0 Å². The van der Waals surface area contributed by atoms with Gasteiger partial charge in [0.05, 0.1) is 29.3 Å². The zero-order valence-electron chi connectivity index (χ0n) is 24.0. The summed E-state index contributed by atoms with van der Waals surface area (Å²) in [4.78, 5) is 36.7. The van der Waals surface area contributed by atoms with E-state index in [2.05, 4.69) is 29.5 Å². The number of ether oxygens (including phenoxy) is 1. The highest BCUT2D eigenvalue weighted by Gasteiger charge is 2.27. The van der Waals surface area contributed by atoms with Crippen LogP contribution in [-0.2, 0) is 17.8 Å². The molecule has 1 amide bonds. The van der Waals surface area contributed by atoms with Crippen LogP contribution in [0.4, 0.5) is 4.79 Å². The molecule has 3 aromatic heterocycles. The molecule has 0 unspecified atom stereocenters. The molecule has 1 saturated carbocycles. The first-order chi connectivity index (χ1) is 19.6. The number of carbonyl (C=O) groups excluding carboxylic acids is 1. The van der Waals surface area contributed by atoms with Gasteiger partial charge in [0.2, 0.25) is 0 Å². The highest BCUT2D eigenvalue weighted by Crippen LogP contribution is 2.29. The summed E-state index contributed by atoms with van der Waals surface area (Å²) >= 11 is 0. The molecule has 1 N–H and O–H groups in total. The predicted octanol–water partition coefficient (Wildman–Crippen LogP) is 6.18. The van der Waals surface area contributed by atoms with E-state index in [9.17, 15) is 9.59 Å². The number of pyridine rings is 2. The first-order valence-electron chi connectivity index (χ1n) is 14.0. The number of rotatable bonds is 9. The maximum Gasteiger partial charge on any atom is 0.410 e. The number of amides is 1. The Hall–Kier alpha value is -4.46. The third-order valence-corrected chi connectivity index (χ3v) is 7.26. The molecule has 4 aromatic rings. The fraction of sp³-hybridized carbons (Fsp3) is 0.333. The van der Waals surface area contributed by atoms with Crippen LogP contribution in [0.25, 0.3) is 28.2 Å². The molecule has 0 spiro atoms. The molecule has 0 saturated heterocycles. The minimum Gasteiger partial charge on any atom is -0.444 e. The van der Waals surface area contributed by atoms with E-state index in [-0.39, 0.29) is 11.7 Å². The topological polar surface area (TPSA) is 88.8 Å². The maximum atomic E-state index is 13.1. The summed E-state index contributed by atoms with van der Waals surface area (Å²) in [5.74, 6) is 0.527. The second-order valence-electron chi connectivity index (χ2n) is 11.7. The zero-order chi connectivity index (χ0) is 29.1. The molecule has 8 nitrogen and oxygen atoms in total. The summed E-state index contributed by atoms with van der Waals surface area (Å²) in [6, 6.07) is 15.1. The van der Waals surface area contributed by atoms with Gasteiger partial charge in [-0.05, 0) is 80.8 Å². The first kappa shape index (κ1) is 28.1. The fourth-order valence-corrected chi connectivity index (χ4v) is 4.97. The van der Waals surface area contributed by atoms with Crippen molar-refractivity contribution < 1.29 is 9.53 Å². The van der Waals surface area contributed by atoms with Crippen molar-refractivity contribution in [3.05, 3.63) is 101 Å². The van der Waals surface area contributed by atoms with Crippen molar-refractivity contribution in [2.45, 2.75) is 58.7 Å². The number of fused-ring (bicyclic) bond motifs is 2. The SMILES string of the molecule is C=Cc1nc(CNC(=C)c2cc(=O)n3ccccc3n2)cc2cc(CN(CC3CCC3)C(=O)OC(C)(C)C)ccc12. The van der Waals surface area contributed by atoms with Crippen LogP contribution in [0.1, 0.15) is 62.7 Å². The number of benzene rings is 1. The Labute approximate surface area is 240 Å². The van der Waals surface area contributed by atoms with Gasteiger partial charge in [0, 0.05) is 30.7 Å². The number of hydrogen-bond acceptors (Lipinski definition) is 6. The Morgan fingerprint density at radius 1 is 1.17 bits per heavy atom. The van der Waals surface area contributed by atoms with E-state index in [0.29, 0.717) is 42.6 Å². The number of hydrogen-bond donors (Lipinski definition) is 1. The van der Waals surface area contributed by atoms with E-state index >= 15 is 0 Å². The zero-order valence-corrected chi connectivity index (χ0v) is 24.0. The van der Waals surface area contributed by atoms with Gasteiger partial charge in [-0.2, -0.15) is 0 Å². The summed E-state index contributed by atoms with van der Waals surface area (Å²) in [5.41, 5.74) is 3.45. The van der Waals surface area contributed by atoms with E-state index in [1.165, 1.54) is 16.9 Å². The van der Waals surface area contributed by atoms with E-state index in [0.717, 1.165) is 40.6 Å². The predicted molar refractivity (Wildman–Crippen MR) is 163 cm³/mol. The van der Waals surface area contributed by atoms with E-state index in [1.807, 2.05) is 49.9 Å². The second-order valence-corrected chi connectivity index (χ2v) is 11.7. The highest BCUT2D eigenvalue weighted by molar-refractivity contribution is 5.89. The lowest BCUT2D eigenvalue weighted by molar-refractivity contribution is 0.0173. The quantitative estimate of drug-likeness (QED) is 0.267. The molecule has 1 fully saturated rings. The van der Waals surface area contributed by atoms with Gasteiger partial charge in [-0.25, -0.2) is 9.78 Å². The van der Waals surface area contributed by atoms with Gasteiger partial charge >= 0.3 is 6.09 Å². The van der Waals surface area contributed by atoms with Gasteiger partial charge in [-0.15, -0.1) is 0 Å². The summed E-state index contributed by atoms with van der Waals surface area (Å²) < 4.78 is 7.22. The molecular formula is C33H37N5O3. The largest absolute Gasteiger partial charge is 0.444 e. The first-order valence-corrected chi connectivity index (χ1v) is 14.0. The Balaban J connectivity index is 1.36. The third-order valence-electron chi connectivity index (χ3n) is 7.26. The van der Waals surface area contributed by atoms with E-state index in [1.54, 1.807) is 24.4 Å². The molecule has 1 aliphatic carbocycles. The maximum absolute atomic E-state index is 13.1. The van der Waals surface area contributed by atoms with Gasteiger partial charge in [-0.1, -0.05) is 37.8 Å². The van der Waals surface area contributed by atoms with Crippen LogP contribution in [0.15, 0.2) is 72.7 Å². The average Bonchev–Trinajstić information content (AvgIpc) is 2.91. The van der Waals surface area contributed by atoms with Crippen LogP contribution in [0.2, 0.25) is 0 Å². The lowest BCUT2D eigenvalue weighted by Gasteiger charge is -2.33. The summed E-state index contributed by atoms with van der Waals surface area (Å²) in [6.45, 7) is 15.3. The number of nitrogens with one attached hydrogen (secondary N) is 1. The average molecular weight is 552 g/mol. The third kappa shape index (κ3) is 6.65. The van der Waals surface area contributed by atoms with Gasteiger partial charge in [-0.3, -0.25) is 14.2 Å². The van der Waals surface area contributed by atoms with Crippen molar-refractivity contribution in [3.63, 3.8) is 0 Å². The van der Waals surface area contributed by atoms with Crippen molar-refractivity contribution in [1.29, 1.82) is 0 Å². The van der Waals surface area contributed by atoms with Crippen LogP contribution in [0, 0.1) is 5.92 Å². The van der Waals surface area contributed by atoms with Crippen molar-refractivity contribution in [3.8, 4) is 0 Å². The van der Waals surface area contributed by atoms with Crippen molar-refractivity contribution in [2.24, 2.45) is 5.92 Å².